The molecule has 0 unspecified atom stereocenters. The van der Waals surface area contributed by atoms with Crippen LogP contribution < -0.4 is 10.2 Å². The first kappa shape index (κ1) is 20.1. The third-order valence-corrected chi connectivity index (χ3v) is 4.37. The number of anilines is 2. The molecule has 2 amide bonds. The van der Waals surface area contributed by atoms with Crippen LogP contribution in [0, 0.1) is 0 Å². The molecule has 1 aliphatic rings. The maximum Gasteiger partial charge on any atom is 0.338 e. The summed E-state index contributed by atoms with van der Waals surface area (Å²) in [6.45, 7) is 1.84. The summed E-state index contributed by atoms with van der Waals surface area (Å²) in [4.78, 5) is 49.2. The monoisotopic (exact) mass is 414 g/mol. The van der Waals surface area contributed by atoms with Crippen LogP contribution in [0.15, 0.2) is 59.3 Å². The Bertz CT molecular complexity index is 1060. The van der Waals surface area contributed by atoms with Crippen molar-refractivity contribution >= 4 is 46.7 Å². The van der Waals surface area contributed by atoms with E-state index in [4.69, 9.17) is 21.4 Å². The molecule has 2 aromatic carbocycles. The van der Waals surface area contributed by atoms with E-state index in [1.54, 1.807) is 6.92 Å². The first-order chi connectivity index (χ1) is 13.8. The molecule has 1 heterocycles. The summed E-state index contributed by atoms with van der Waals surface area (Å²) >= 11 is 6.07. The third-order valence-electron chi connectivity index (χ3n) is 4.02. The predicted octanol–water partition coefficient (Wildman–Crippen LogP) is 3.00. The van der Waals surface area contributed by atoms with Crippen LogP contribution >= 0.6 is 11.6 Å². The second-order valence-corrected chi connectivity index (χ2v) is 6.29. The van der Waals surface area contributed by atoms with Gasteiger partial charge in [-0.15, -0.1) is 0 Å². The van der Waals surface area contributed by atoms with Crippen molar-refractivity contribution in [1.82, 2.24) is 0 Å². The van der Waals surface area contributed by atoms with Gasteiger partial charge in [-0.1, -0.05) is 23.7 Å². The number of hydrogen-bond donors (Lipinski definition) is 2. The van der Waals surface area contributed by atoms with Crippen molar-refractivity contribution in [2.24, 2.45) is 0 Å². The van der Waals surface area contributed by atoms with Crippen LogP contribution in [0.5, 0.6) is 0 Å². The van der Waals surface area contributed by atoms with Gasteiger partial charge >= 0.3 is 11.9 Å². The van der Waals surface area contributed by atoms with Crippen molar-refractivity contribution in [2.45, 2.75) is 6.92 Å². The van der Waals surface area contributed by atoms with Crippen molar-refractivity contribution in [3.05, 3.63) is 70.4 Å². The minimum absolute atomic E-state index is 0.00230. The summed E-state index contributed by atoms with van der Waals surface area (Å²) in [5.41, 5.74) is 0.418. The highest BCUT2D eigenvalue weighted by atomic mass is 35.5. The number of carbonyl (C=O) groups is 4. The Hall–Kier alpha value is -3.65. The standard InChI is InChI=1S/C20H15ClN2O6/c1-2-29-20(28)12-6-4-8-14(10-12)23-17(24)15(21)16(18(23)25)22-13-7-3-5-11(9-13)19(26)27/h3-10,22H,2H2,1H3,(H,26,27). The summed E-state index contributed by atoms with van der Waals surface area (Å²) in [7, 11) is 0. The molecule has 0 radical (unpaired) electrons. The highest BCUT2D eigenvalue weighted by molar-refractivity contribution is 6.53. The fourth-order valence-electron chi connectivity index (χ4n) is 2.71. The third kappa shape index (κ3) is 3.97. The van der Waals surface area contributed by atoms with E-state index in [2.05, 4.69) is 5.32 Å². The van der Waals surface area contributed by atoms with Crippen LogP contribution in [-0.2, 0) is 14.3 Å². The minimum Gasteiger partial charge on any atom is -0.478 e. The highest BCUT2D eigenvalue weighted by Gasteiger charge is 2.39. The second-order valence-electron chi connectivity index (χ2n) is 5.92. The average molecular weight is 415 g/mol. The van der Waals surface area contributed by atoms with E-state index in [0.717, 1.165) is 4.90 Å². The zero-order valence-corrected chi connectivity index (χ0v) is 15.9. The zero-order chi connectivity index (χ0) is 21.1. The fraction of sp³-hybridized carbons (Fsp3) is 0.100. The smallest absolute Gasteiger partial charge is 0.338 e. The summed E-state index contributed by atoms with van der Waals surface area (Å²) in [6.07, 6.45) is 0. The number of halogens is 1. The number of benzene rings is 2. The number of nitrogens with one attached hydrogen (secondary N) is 1. The predicted molar refractivity (Wildman–Crippen MR) is 105 cm³/mol. The van der Waals surface area contributed by atoms with Gasteiger partial charge in [-0.25, -0.2) is 14.5 Å². The topological polar surface area (TPSA) is 113 Å². The summed E-state index contributed by atoms with van der Waals surface area (Å²) < 4.78 is 4.93. The van der Waals surface area contributed by atoms with Crippen molar-refractivity contribution < 1.29 is 29.0 Å². The Balaban J connectivity index is 1.89. The number of esters is 1. The summed E-state index contributed by atoms with van der Waals surface area (Å²) in [6, 6.07) is 11.6. The molecule has 9 heteroatoms. The number of imide groups is 1. The van der Waals surface area contributed by atoms with Gasteiger partial charge in [-0.05, 0) is 43.3 Å². The molecule has 29 heavy (non-hydrogen) atoms. The fourth-order valence-corrected chi connectivity index (χ4v) is 2.92. The molecule has 0 fully saturated rings. The second kappa shape index (κ2) is 8.15. The minimum atomic E-state index is -1.14. The quantitative estimate of drug-likeness (QED) is 0.551. The van der Waals surface area contributed by atoms with Gasteiger partial charge in [0.15, 0.2) is 0 Å². The molecule has 0 saturated heterocycles. The van der Waals surface area contributed by atoms with Gasteiger partial charge in [0, 0.05) is 5.69 Å². The summed E-state index contributed by atoms with van der Waals surface area (Å²) in [5.74, 6) is -3.23. The molecule has 0 saturated carbocycles. The molecule has 0 spiro atoms. The number of carbonyl (C=O) groups excluding carboxylic acids is 3. The van der Waals surface area contributed by atoms with E-state index in [1.165, 1.54) is 48.5 Å². The van der Waals surface area contributed by atoms with Crippen molar-refractivity contribution in [3.8, 4) is 0 Å². The molecule has 2 N–H and O–H groups in total. The molecule has 148 valence electrons. The zero-order valence-electron chi connectivity index (χ0n) is 15.1. The number of nitrogens with zero attached hydrogens (tertiary/aromatic N) is 1. The molecule has 0 aliphatic carbocycles. The van der Waals surface area contributed by atoms with Crippen molar-refractivity contribution in [1.29, 1.82) is 0 Å². The van der Waals surface area contributed by atoms with E-state index in [0.29, 0.717) is 0 Å². The van der Waals surface area contributed by atoms with Crippen molar-refractivity contribution in [2.75, 3.05) is 16.8 Å². The maximum absolute atomic E-state index is 12.8. The average Bonchev–Trinajstić information content (AvgIpc) is 2.92. The number of rotatable bonds is 6. The Morgan fingerprint density at radius 2 is 1.76 bits per heavy atom. The Morgan fingerprint density at radius 3 is 2.45 bits per heavy atom. The van der Waals surface area contributed by atoms with Crippen LogP contribution in [0.25, 0.3) is 0 Å². The lowest BCUT2D eigenvalue weighted by Crippen LogP contribution is -2.32. The molecule has 0 bridgehead atoms. The maximum atomic E-state index is 12.8. The van der Waals surface area contributed by atoms with Crippen LogP contribution in [0.3, 0.4) is 0 Å². The SMILES string of the molecule is CCOC(=O)c1cccc(N2C(=O)C(Cl)=C(Nc3cccc(C(=O)O)c3)C2=O)c1. The van der Waals surface area contributed by atoms with Gasteiger partial charge in [0.2, 0.25) is 0 Å². The molecule has 1 aliphatic heterocycles. The lowest BCUT2D eigenvalue weighted by Gasteiger charge is -2.16. The molecular formula is C20H15ClN2O6. The van der Waals surface area contributed by atoms with E-state index >= 15 is 0 Å². The highest BCUT2D eigenvalue weighted by Crippen LogP contribution is 2.30. The molecule has 2 aromatic rings. The van der Waals surface area contributed by atoms with Gasteiger partial charge in [0.25, 0.3) is 11.8 Å². The largest absolute Gasteiger partial charge is 0.478 e. The number of ether oxygens (including phenoxy) is 1. The number of aromatic carboxylic acids is 1. The molecule has 0 aromatic heterocycles. The van der Waals surface area contributed by atoms with Gasteiger partial charge in [-0.2, -0.15) is 0 Å². The normalized spacial score (nSPS) is 13.7. The van der Waals surface area contributed by atoms with E-state index in [1.807, 2.05) is 0 Å². The number of carboxylic acid groups (broad SMARTS) is 1. The first-order valence-electron chi connectivity index (χ1n) is 8.49. The number of hydrogen-bond acceptors (Lipinski definition) is 6. The van der Waals surface area contributed by atoms with Crippen LogP contribution in [0.4, 0.5) is 11.4 Å². The van der Waals surface area contributed by atoms with Crippen LogP contribution in [-0.4, -0.2) is 35.5 Å². The number of carboxylic acids is 1. The van der Waals surface area contributed by atoms with Gasteiger partial charge < -0.3 is 15.2 Å². The van der Waals surface area contributed by atoms with E-state index in [9.17, 15) is 19.2 Å². The Kier molecular flexibility index (Phi) is 5.65. The molecule has 0 atom stereocenters. The number of amides is 2. The first-order valence-corrected chi connectivity index (χ1v) is 8.87. The Labute approximate surface area is 170 Å². The lowest BCUT2D eigenvalue weighted by atomic mass is 10.2. The van der Waals surface area contributed by atoms with Gasteiger partial charge in [0.05, 0.1) is 23.4 Å². The summed E-state index contributed by atoms with van der Waals surface area (Å²) in [5, 5.41) is 11.4. The lowest BCUT2D eigenvalue weighted by molar-refractivity contribution is -0.120. The van der Waals surface area contributed by atoms with E-state index in [-0.39, 0.29) is 39.8 Å². The molecular weight excluding hydrogens is 400 g/mol. The van der Waals surface area contributed by atoms with Crippen LogP contribution in [0.2, 0.25) is 0 Å². The molecule has 8 nitrogen and oxygen atoms in total. The van der Waals surface area contributed by atoms with E-state index < -0.39 is 23.8 Å². The van der Waals surface area contributed by atoms with Gasteiger partial charge in [-0.3, -0.25) is 9.59 Å². The van der Waals surface area contributed by atoms with Gasteiger partial charge in [0.1, 0.15) is 10.7 Å². The van der Waals surface area contributed by atoms with Crippen molar-refractivity contribution in [3.63, 3.8) is 0 Å². The van der Waals surface area contributed by atoms with Crippen LogP contribution in [0.1, 0.15) is 27.6 Å². The molecule has 3 rings (SSSR count). The Morgan fingerprint density at radius 1 is 1.07 bits per heavy atom.